The zero-order valence-electron chi connectivity index (χ0n) is 12.2. The number of para-hydroxylation sites is 1. The van der Waals surface area contributed by atoms with Gasteiger partial charge in [-0.1, -0.05) is 0 Å². The van der Waals surface area contributed by atoms with Crippen molar-refractivity contribution in [3.63, 3.8) is 0 Å². The second-order valence-electron chi connectivity index (χ2n) is 4.80. The van der Waals surface area contributed by atoms with Gasteiger partial charge in [-0.3, -0.25) is 0 Å². The molecule has 0 saturated heterocycles. The standard InChI is InChI=1S/C15H15N2O4Se/c1-3-19-14(18)11-8(2)16-15(22)17-12(11)9-5-4-6-10-13(9)21-7-20-10/h4-6,12H,3,7H2,1-2H3,(H,16,17). The van der Waals surface area contributed by atoms with Crippen LogP contribution >= 0.6 is 0 Å². The molecule has 0 amide bonds. The number of carbonyl (C=O) groups excluding carboxylic acids is 1. The van der Waals surface area contributed by atoms with Gasteiger partial charge in [0.25, 0.3) is 0 Å². The third-order valence-corrected chi connectivity index (χ3v) is 3.87. The van der Waals surface area contributed by atoms with E-state index < -0.39 is 6.04 Å². The number of nitrogens with zero attached hydrogens (tertiary/aromatic N) is 1. The molecule has 0 bridgehead atoms. The van der Waals surface area contributed by atoms with Crippen LogP contribution in [-0.4, -0.2) is 40.1 Å². The van der Waals surface area contributed by atoms with E-state index in [0.29, 0.717) is 34.1 Å². The molecule has 1 radical (unpaired) electrons. The summed E-state index contributed by atoms with van der Waals surface area (Å²) in [6.45, 7) is 4.08. The number of ether oxygens (including phenoxy) is 3. The van der Waals surface area contributed by atoms with E-state index in [9.17, 15) is 4.79 Å². The zero-order valence-corrected chi connectivity index (χ0v) is 13.9. The van der Waals surface area contributed by atoms with Crippen molar-refractivity contribution >= 4 is 26.7 Å². The summed E-state index contributed by atoms with van der Waals surface area (Å²) in [5.41, 5.74) is 1.97. The third kappa shape index (κ3) is 2.58. The molecule has 7 heteroatoms. The van der Waals surface area contributed by atoms with Gasteiger partial charge in [-0.2, -0.15) is 0 Å². The minimum atomic E-state index is -0.492. The first-order chi connectivity index (χ1) is 10.6. The van der Waals surface area contributed by atoms with E-state index in [1.807, 2.05) is 25.1 Å². The van der Waals surface area contributed by atoms with Gasteiger partial charge < -0.3 is 0 Å². The Morgan fingerprint density at radius 1 is 1.50 bits per heavy atom. The predicted octanol–water partition coefficient (Wildman–Crippen LogP) is 1.42. The van der Waals surface area contributed by atoms with Crippen molar-refractivity contribution in [1.29, 1.82) is 0 Å². The number of allylic oxidation sites excluding steroid dienone is 1. The average molecular weight is 366 g/mol. The summed E-state index contributed by atoms with van der Waals surface area (Å²) < 4.78 is 16.7. The Morgan fingerprint density at radius 2 is 2.32 bits per heavy atom. The van der Waals surface area contributed by atoms with Gasteiger partial charge in [0, 0.05) is 0 Å². The maximum absolute atomic E-state index is 12.3. The van der Waals surface area contributed by atoms with Crippen LogP contribution in [0.15, 0.2) is 34.5 Å². The number of aliphatic imine (C=N–C) groups is 1. The van der Waals surface area contributed by atoms with Crippen LogP contribution in [0.25, 0.3) is 0 Å². The summed E-state index contributed by atoms with van der Waals surface area (Å²) in [6, 6.07) is 5.08. The number of esters is 1. The van der Waals surface area contributed by atoms with Crippen LogP contribution < -0.4 is 14.8 Å². The van der Waals surface area contributed by atoms with Crippen molar-refractivity contribution in [1.82, 2.24) is 5.32 Å². The van der Waals surface area contributed by atoms with E-state index in [0.717, 1.165) is 5.56 Å². The van der Waals surface area contributed by atoms with Gasteiger partial charge in [-0.15, -0.1) is 0 Å². The van der Waals surface area contributed by atoms with Gasteiger partial charge >= 0.3 is 136 Å². The van der Waals surface area contributed by atoms with Crippen molar-refractivity contribution in [2.24, 2.45) is 4.99 Å². The molecule has 1 atom stereocenters. The molecule has 2 aliphatic rings. The maximum atomic E-state index is 12.3. The second kappa shape index (κ2) is 6.02. The second-order valence-corrected chi connectivity index (χ2v) is 5.61. The molecule has 2 heterocycles. The Labute approximate surface area is 136 Å². The first kappa shape index (κ1) is 14.9. The van der Waals surface area contributed by atoms with E-state index >= 15 is 0 Å². The molecule has 2 aliphatic heterocycles. The zero-order chi connectivity index (χ0) is 15.7. The molecule has 3 rings (SSSR count). The molecule has 0 spiro atoms. The van der Waals surface area contributed by atoms with Crippen molar-refractivity contribution in [2.45, 2.75) is 19.9 Å². The van der Waals surface area contributed by atoms with Gasteiger partial charge in [-0.05, 0) is 0 Å². The van der Waals surface area contributed by atoms with Gasteiger partial charge in [-0.25, -0.2) is 0 Å². The number of carbonyl (C=O) groups is 1. The summed E-state index contributed by atoms with van der Waals surface area (Å²) in [5, 5.41) is 3.04. The van der Waals surface area contributed by atoms with Crippen LogP contribution in [0.5, 0.6) is 11.5 Å². The topological polar surface area (TPSA) is 69.2 Å². The number of rotatable bonds is 3. The van der Waals surface area contributed by atoms with Crippen LogP contribution in [0.1, 0.15) is 25.5 Å². The van der Waals surface area contributed by atoms with Crippen molar-refractivity contribution < 1.29 is 19.0 Å². The Bertz CT molecular complexity index is 684. The minimum absolute atomic E-state index is 0.170. The summed E-state index contributed by atoms with van der Waals surface area (Å²) in [7, 11) is 0. The first-order valence-electron chi connectivity index (χ1n) is 6.90. The van der Waals surface area contributed by atoms with Crippen molar-refractivity contribution in [3.05, 3.63) is 35.0 Å². The summed E-state index contributed by atoms with van der Waals surface area (Å²) in [4.78, 5) is 16.8. The molecule has 0 saturated carbocycles. The predicted molar refractivity (Wildman–Crippen MR) is 81.0 cm³/mol. The molecule has 1 aromatic carbocycles. The molecular weight excluding hydrogens is 351 g/mol. The van der Waals surface area contributed by atoms with E-state index in [1.165, 1.54) is 0 Å². The third-order valence-electron chi connectivity index (χ3n) is 3.44. The quantitative estimate of drug-likeness (QED) is 0.647. The van der Waals surface area contributed by atoms with Crippen LogP contribution in [0, 0.1) is 0 Å². The monoisotopic (exact) mass is 367 g/mol. The molecule has 0 fully saturated rings. The molecular formula is C15H15N2O4Se. The number of amidine groups is 1. The Hall–Kier alpha value is -1.98. The van der Waals surface area contributed by atoms with E-state index in [2.05, 4.69) is 26.3 Å². The fraction of sp³-hybridized carbons (Fsp3) is 0.333. The Kier molecular flexibility index (Phi) is 4.09. The normalized spacial score (nSPS) is 19.5. The van der Waals surface area contributed by atoms with Crippen molar-refractivity contribution in [3.8, 4) is 11.5 Å². The number of nitrogens with one attached hydrogen (secondary N) is 1. The van der Waals surface area contributed by atoms with Crippen LogP contribution in [0.2, 0.25) is 0 Å². The van der Waals surface area contributed by atoms with E-state index in [4.69, 9.17) is 14.2 Å². The SMILES string of the molecule is CCOC(=O)C1=C(C)NC([Se])=NC1c1cccc2c1OCO2. The molecule has 0 aromatic heterocycles. The van der Waals surface area contributed by atoms with Crippen LogP contribution in [-0.2, 0) is 9.53 Å². The first-order valence-corrected chi connectivity index (χ1v) is 7.75. The van der Waals surface area contributed by atoms with Gasteiger partial charge in [0.15, 0.2) is 0 Å². The fourth-order valence-corrected chi connectivity index (χ4v) is 3.06. The molecule has 22 heavy (non-hydrogen) atoms. The molecule has 0 aliphatic carbocycles. The average Bonchev–Trinajstić information content (AvgIpc) is 2.94. The number of fused-ring (bicyclic) bond motifs is 1. The fourth-order valence-electron chi connectivity index (χ4n) is 2.51. The molecule has 1 unspecified atom stereocenters. The molecule has 1 aromatic rings. The van der Waals surface area contributed by atoms with Crippen molar-refractivity contribution in [2.75, 3.05) is 13.4 Å². The Balaban J connectivity index is 2.08. The van der Waals surface area contributed by atoms with Gasteiger partial charge in [0.1, 0.15) is 0 Å². The molecule has 115 valence electrons. The van der Waals surface area contributed by atoms with E-state index in [1.54, 1.807) is 6.92 Å². The van der Waals surface area contributed by atoms with Gasteiger partial charge in [0.2, 0.25) is 0 Å². The summed E-state index contributed by atoms with van der Waals surface area (Å²) >= 11 is 2.85. The molecule has 1 N–H and O–H groups in total. The van der Waals surface area contributed by atoms with Gasteiger partial charge in [0.05, 0.1) is 0 Å². The van der Waals surface area contributed by atoms with Crippen LogP contribution in [0.3, 0.4) is 0 Å². The Morgan fingerprint density at radius 3 is 3.09 bits per heavy atom. The van der Waals surface area contributed by atoms with E-state index in [-0.39, 0.29) is 12.8 Å². The summed E-state index contributed by atoms with van der Waals surface area (Å²) in [6.07, 6.45) is 0. The number of benzene rings is 1. The number of hydrogen-bond acceptors (Lipinski definition) is 6. The number of hydrogen-bond donors (Lipinski definition) is 1. The van der Waals surface area contributed by atoms with Crippen LogP contribution in [0.4, 0.5) is 0 Å². The molecule has 6 nitrogen and oxygen atoms in total. The summed E-state index contributed by atoms with van der Waals surface area (Å²) in [5.74, 6) is 0.902.